The van der Waals surface area contributed by atoms with Gasteiger partial charge in [-0.05, 0) is 46.5 Å². The number of carbonyl (C=O) groups is 2. The first-order valence-electron chi connectivity index (χ1n) is 8.40. The summed E-state index contributed by atoms with van der Waals surface area (Å²) in [6.07, 6.45) is 3.20. The lowest BCUT2D eigenvalue weighted by molar-refractivity contribution is 0.0244. The maximum absolute atomic E-state index is 12.6. The summed E-state index contributed by atoms with van der Waals surface area (Å²) in [7, 11) is 1.75. The lowest BCUT2D eigenvalue weighted by Crippen LogP contribution is -2.45. The molecule has 0 aliphatic carbocycles. The van der Waals surface area contributed by atoms with E-state index in [-0.39, 0.29) is 17.9 Å². The van der Waals surface area contributed by atoms with E-state index in [9.17, 15) is 9.59 Å². The van der Waals surface area contributed by atoms with E-state index in [1.165, 1.54) is 0 Å². The molecule has 24 heavy (non-hydrogen) atoms. The van der Waals surface area contributed by atoms with Gasteiger partial charge in [-0.25, -0.2) is 4.79 Å². The number of hydrogen-bond acceptors (Lipinski definition) is 4. The van der Waals surface area contributed by atoms with Crippen molar-refractivity contribution in [1.82, 2.24) is 20.0 Å². The molecule has 7 heteroatoms. The molecule has 1 N–H and O–H groups in total. The van der Waals surface area contributed by atoms with Crippen molar-refractivity contribution in [2.75, 3.05) is 26.7 Å². The first-order chi connectivity index (χ1) is 11.2. The zero-order valence-corrected chi connectivity index (χ0v) is 15.3. The molecule has 1 aliphatic heterocycles. The van der Waals surface area contributed by atoms with Gasteiger partial charge in [0.2, 0.25) is 0 Å². The zero-order valence-electron chi connectivity index (χ0n) is 15.3. The monoisotopic (exact) mass is 336 g/mol. The molecule has 1 fully saturated rings. The van der Waals surface area contributed by atoms with Crippen LogP contribution < -0.4 is 0 Å². The molecule has 2 heterocycles. The summed E-state index contributed by atoms with van der Waals surface area (Å²) in [6.45, 7) is 9.39. The molecular weight excluding hydrogens is 308 g/mol. The Labute approximate surface area is 143 Å². The largest absolute Gasteiger partial charge is 0.444 e. The van der Waals surface area contributed by atoms with Crippen LogP contribution in [0.15, 0.2) is 6.20 Å². The standard InChI is InChI=1S/C17H28N4O3/c1-12-14(9-18-19-12)15(22)21-8-6-7-13(11-21)10-20(5)16(23)24-17(2,3)4/h9,13H,6-8,10-11H2,1-5H3,(H,18,19). The van der Waals surface area contributed by atoms with Crippen LogP contribution in [0.5, 0.6) is 0 Å². The number of ether oxygens (including phenoxy) is 1. The number of carbonyl (C=O) groups excluding carboxylic acids is 2. The summed E-state index contributed by atoms with van der Waals surface area (Å²) in [5.74, 6) is 0.262. The van der Waals surface area contributed by atoms with Gasteiger partial charge in [0.15, 0.2) is 0 Å². The summed E-state index contributed by atoms with van der Waals surface area (Å²) in [5.41, 5.74) is 0.905. The highest BCUT2D eigenvalue weighted by atomic mass is 16.6. The van der Waals surface area contributed by atoms with Crippen LogP contribution in [0.4, 0.5) is 4.79 Å². The Hall–Kier alpha value is -2.05. The SMILES string of the molecule is Cc1[nH]ncc1C(=O)N1CCCC(CN(C)C(=O)OC(C)(C)C)C1. The molecule has 0 bridgehead atoms. The molecule has 1 aromatic rings. The fourth-order valence-corrected chi connectivity index (χ4v) is 2.94. The fourth-order valence-electron chi connectivity index (χ4n) is 2.94. The number of aromatic amines is 1. The lowest BCUT2D eigenvalue weighted by Gasteiger charge is -2.35. The second-order valence-corrected chi connectivity index (χ2v) is 7.53. The molecule has 1 aromatic heterocycles. The van der Waals surface area contributed by atoms with E-state index >= 15 is 0 Å². The van der Waals surface area contributed by atoms with Crippen LogP contribution in [-0.4, -0.2) is 64.3 Å². The number of likely N-dealkylation sites (tertiary alicyclic amines) is 1. The topological polar surface area (TPSA) is 78.5 Å². The van der Waals surface area contributed by atoms with Crippen LogP contribution >= 0.6 is 0 Å². The van der Waals surface area contributed by atoms with Gasteiger partial charge >= 0.3 is 6.09 Å². The number of hydrogen-bond donors (Lipinski definition) is 1. The highest BCUT2D eigenvalue weighted by Crippen LogP contribution is 2.21. The van der Waals surface area contributed by atoms with Crippen LogP contribution in [0.25, 0.3) is 0 Å². The van der Waals surface area contributed by atoms with Crippen molar-refractivity contribution >= 4 is 12.0 Å². The molecular formula is C17H28N4O3. The first-order valence-corrected chi connectivity index (χ1v) is 8.40. The number of rotatable bonds is 3. The van der Waals surface area contributed by atoms with Gasteiger partial charge in [-0.3, -0.25) is 9.89 Å². The second-order valence-electron chi connectivity index (χ2n) is 7.53. The third-order valence-corrected chi connectivity index (χ3v) is 4.10. The number of aryl methyl sites for hydroxylation is 1. The summed E-state index contributed by atoms with van der Waals surface area (Å²) in [4.78, 5) is 28.1. The van der Waals surface area contributed by atoms with Gasteiger partial charge in [-0.2, -0.15) is 5.10 Å². The van der Waals surface area contributed by atoms with Crippen LogP contribution in [0.1, 0.15) is 49.7 Å². The minimum Gasteiger partial charge on any atom is -0.444 e. The normalized spacial score (nSPS) is 18.4. The van der Waals surface area contributed by atoms with Gasteiger partial charge in [0.1, 0.15) is 5.60 Å². The van der Waals surface area contributed by atoms with E-state index in [4.69, 9.17) is 4.74 Å². The average Bonchev–Trinajstić information content (AvgIpc) is 2.91. The van der Waals surface area contributed by atoms with Crippen molar-refractivity contribution in [1.29, 1.82) is 0 Å². The van der Waals surface area contributed by atoms with Gasteiger partial charge in [0.05, 0.1) is 11.8 Å². The molecule has 1 unspecified atom stereocenters. The van der Waals surface area contributed by atoms with Crippen molar-refractivity contribution in [2.24, 2.45) is 5.92 Å². The number of nitrogens with one attached hydrogen (secondary N) is 1. The van der Waals surface area contributed by atoms with Crippen LogP contribution in [0.2, 0.25) is 0 Å². The molecule has 7 nitrogen and oxygen atoms in total. The molecule has 0 radical (unpaired) electrons. The van der Waals surface area contributed by atoms with E-state index in [0.29, 0.717) is 18.7 Å². The molecule has 2 rings (SSSR count). The molecule has 134 valence electrons. The minimum atomic E-state index is -0.501. The quantitative estimate of drug-likeness (QED) is 0.919. The highest BCUT2D eigenvalue weighted by Gasteiger charge is 2.28. The highest BCUT2D eigenvalue weighted by molar-refractivity contribution is 5.95. The zero-order chi connectivity index (χ0) is 17.9. The van der Waals surface area contributed by atoms with Crippen molar-refractivity contribution in [3.63, 3.8) is 0 Å². The van der Waals surface area contributed by atoms with Gasteiger partial charge in [-0.1, -0.05) is 0 Å². The molecule has 0 saturated carbocycles. The Kier molecular flexibility index (Phi) is 5.51. The Balaban J connectivity index is 1.92. The van der Waals surface area contributed by atoms with Crippen LogP contribution in [0.3, 0.4) is 0 Å². The molecule has 2 amide bonds. The van der Waals surface area contributed by atoms with Crippen molar-refractivity contribution in [3.8, 4) is 0 Å². The minimum absolute atomic E-state index is 0.00544. The lowest BCUT2D eigenvalue weighted by atomic mass is 9.97. The third kappa shape index (κ3) is 4.72. The Morgan fingerprint density at radius 1 is 1.46 bits per heavy atom. The van der Waals surface area contributed by atoms with E-state index in [2.05, 4.69) is 10.2 Å². The Bertz CT molecular complexity index is 591. The maximum atomic E-state index is 12.6. The molecule has 0 aromatic carbocycles. The van der Waals surface area contributed by atoms with Crippen molar-refractivity contribution in [2.45, 2.75) is 46.1 Å². The van der Waals surface area contributed by atoms with Gasteiger partial charge in [0, 0.05) is 32.4 Å². The van der Waals surface area contributed by atoms with E-state index in [1.54, 1.807) is 18.1 Å². The molecule has 1 saturated heterocycles. The van der Waals surface area contributed by atoms with Gasteiger partial charge in [0.25, 0.3) is 5.91 Å². The molecule has 1 aliphatic rings. The molecule has 0 spiro atoms. The second kappa shape index (κ2) is 7.23. The smallest absolute Gasteiger partial charge is 0.410 e. The number of H-pyrrole nitrogens is 1. The first kappa shape index (κ1) is 18.3. The Morgan fingerprint density at radius 3 is 2.75 bits per heavy atom. The fraction of sp³-hybridized carbons (Fsp3) is 0.706. The van der Waals surface area contributed by atoms with Crippen molar-refractivity contribution in [3.05, 3.63) is 17.5 Å². The third-order valence-electron chi connectivity index (χ3n) is 4.10. The number of amides is 2. The predicted molar refractivity (Wildman–Crippen MR) is 90.8 cm³/mol. The maximum Gasteiger partial charge on any atom is 0.410 e. The summed E-state index contributed by atoms with van der Waals surface area (Å²) in [6, 6.07) is 0. The number of nitrogens with zero attached hydrogens (tertiary/aromatic N) is 3. The van der Waals surface area contributed by atoms with E-state index < -0.39 is 5.60 Å². The average molecular weight is 336 g/mol. The van der Waals surface area contributed by atoms with Crippen LogP contribution in [0, 0.1) is 12.8 Å². The van der Waals surface area contributed by atoms with Crippen LogP contribution in [-0.2, 0) is 4.74 Å². The van der Waals surface area contributed by atoms with Gasteiger partial charge < -0.3 is 14.5 Å². The van der Waals surface area contributed by atoms with Gasteiger partial charge in [-0.15, -0.1) is 0 Å². The summed E-state index contributed by atoms with van der Waals surface area (Å²) in [5, 5.41) is 6.72. The summed E-state index contributed by atoms with van der Waals surface area (Å²) >= 11 is 0. The number of aromatic nitrogens is 2. The molecule has 1 atom stereocenters. The number of piperidine rings is 1. The van der Waals surface area contributed by atoms with E-state index in [1.807, 2.05) is 32.6 Å². The summed E-state index contributed by atoms with van der Waals surface area (Å²) < 4.78 is 5.38. The van der Waals surface area contributed by atoms with E-state index in [0.717, 1.165) is 25.1 Å². The van der Waals surface area contributed by atoms with Crippen molar-refractivity contribution < 1.29 is 14.3 Å². The predicted octanol–water partition coefficient (Wildman–Crippen LogP) is 2.44. The Morgan fingerprint density at radius 2 is 2.17 bits per heavy atom.